The normalized spacial score (nSPS) is 14.1. The number of ether oxygens (including phenoxy) is 1. The van der Waals surface area contributed by atoms with Gasteiger partial charge in [0.15, 0.2) is 0 Å². The summed E-state index contributed by atoms with van der Waals surface area (Å²) in [5.41, 5.74) is 1.00. The van der Waals surface area contributed by atoms with Gasteiger partial charge in [0.1, 0.15) is 5.60 Å². The first kappa shape index (κ1) is 19.0. The van der Waals surface area contributed by atoms with Crippen molar-refractivity contribution in [1.82, 2.24) is 0 Å². The molecule has 0 atom stereocenters. The minimum Gasteiger partial charge on any atom is -0.481 e. The molecule has 2 N–H and O–H groups in total. The molecular formula is C16H22N2O6S. The van der Waals surface area contributed by atoms with Crippen LogP contribution in [-0.4, -0.2) is 43.5 Å². The maximum absolute atomic E-state index is 12.3. The molecule has 9 heteroatoms. The molecule has 0 saturated carbocycles. The van der Waals surface area contributed by atoms with Crippen molar-refractivity contribution >= 4 is 33.5 Å². The van der Waals surface area contributed by atoms with Gasteiger partial charge in [0.2, 0.25) is 10.0 Å². The highest BCUT2D eigenvalue weighted by Crippen LogP contribution is 2.35. The zero-order chi connectivity index (χ0) is 18.8. The smallest absolute Gasteiger partial charge is 0.414 e. The number of aliphatic carboxylic acids is 1. The van der Waals surface area contributed by atoms with Gasteiger partial charge < -0.3 is 9.84 Å². The number of nitrogens with zero attached hydrogens (tertiary/aromatic N) is 1. The van der Waals surface area contributed by atoms with Crippen molar-refractivity contribution in [2.24, 2.45) is 0 Å². The third-order valence-electron chi connectivity index (χ3n) is 3.49. The van der Waals surface area contributed by atoms with E-state index < -0.39 is 39.9 Å². The molecule has 0 unspecified atom stereocenters. The summed E-state index contributed by atoms with van der Waals surface area (Å²) >= 11 is 0. The molecule has 1 heterocycles. The van der Waals surface area contributed by atoms with Gasteiger partial charge in [-0.2, -0.15) is 0 Å². The molecule has 1 aromatic carbocycles. The molecule has 2 rings (SSSR count). The molecule has 8 nitrogen and oxygen atoms in total. The fraction of sp³-hybridized carbons (Fsp3) is 0.500. The zero-order valence-corrected chi connectivity index (χ0v) is 15.2. The van der Waals surface area contributed by atoms with Crippen molar-refractivity contribution in [3.05, 3.63) is 23.8 Å². The van der Waals surface area contributed by atoms with Gasteiger partial charge in [-0.05, 0) is 39.3 Å². The number of rotatable bonds is 5. The van der Waals surface area contributed by atoms with Crippen molar-refractivity contribution < 1.29 is 27.9 Å². The number of carbonyl (C=O) groups excluding carboxylic acids is 1. The highest BCUT2D eigenvalue weighted by Gasteiger charge is 2.30. The Balaban J connectivity index is 2.20. The highest BCUT2D eigenvalue weighted by molar-refractivity contribution is 7.92. The molecule has 25 heavy (non-hydrogen) atoms. The average molecular weight is 370 g/mol. The third-order valence-corrected chi connectivity index (χ3v) is 4.76. The first-order valence-electron chi connectivity index (χ1n) is 7.83. The summed E-state index contributed by atoms with van der Waals surface area (Å²) in [6.07, 6.45) is -0.488. The Hall–Kier alpha value is -2.29. The number of carbonyl (C=O) groups is 2. The number of carboxylic acid groups (broad SMARTS) is 1. The van der Waals surface area contributed by atoms with Crippen LogP contribution in [-0.2, 0) is 26.0 Å². The van der Waals surface area contributed by atoms with Gasteiger partial charge >= 0.3 is 12.1 Å². The summed E-state index contributed by atoms with van der Waals surface area (Å²) in [5.74, 6) is -1.69. The van der Waals surface area contributed by atoms with E-state index in [1.165, 1.54) is 4.90 Å². The molecule has 0 bridgehead atoms. The molecule has 0 spiro atoms. The van der Waals surface area contributed by atoms with E-state index in [9.17, 15) is 18.0 Å². The molecule has 0 aromatic heterocycles. The van der Waals surface area contributed by atoms with E-state index in [-0.39, 0.29) is 0 Å². The molecule has 138 valence electrons. The van der Waals surface area contributed by atoms with Crippen LogP contribution in [0.4, 0.5) is 16.2 Å². The topological polar surface area (TPSA) is 113 Å². The van der Waals surface area contributed by atoms with Crippen molar-refractivity contribution in [3.63, 3.8) is 0 Å². The molecule has 0 fully saturated rings. The second-order valence-corrected chi connectivity index (χ2v) is 8.59. The van der Waals surface area contributed by atoms with Gasteiger partial charge in [-0.3, -0.25) is 14.4 Å². The Bertz CT molecular complexity index is 782. The molecule has 1 aliphatic heterocycles. The molecule has 0 radical (unpaired) electrons. The van der Waals surface area contributed by atoms with E-state index in [2.05, 4.69) is 4.72 Å². The van der Waals surface area contributed by atoms with Crippen LogP contribution in [0.1, 0.15) is 32.8 Å². The number of hydrogen-bond donors (Lipinski definition) is 2. The zero-order valence-electron chi connectivity index (χ0n) is 14.4. The van der Waals surface area contributed by atoms with Crippen LogP contribution in [0.2, 0.25) is 0 Å². The second kappa shape index (κ2) is 6.91. The lowest BCUT2D eigenvalue weighted by Gasteiger charge is -2.25. The highest BCUT2D eigenvalue weighted by atomic mass is 32.2. The Morgan fingerprint density at radius 3 is 2.60 bits per heavy atom. The van der Waals surface area contributed by atoms with E-state index in [0.717, 1.165) is 0 Å². The number of amides is 1. The Morgan fingerprint density at radius 2 is 2.00 bits per heavy atom. The van der Waals surface area contributed by atoms with Crippen LogP contribution in [0, 0.1) is 0 Å². The summed E-state index contributed by atoms with van der Waals surface area (Å²) < 4.78 is 31.8. The van der Waals surface area contributed by atoms with Crippen LogP contribution in [0.5, 0.6) is 0 Å². The predicted molar refractivity (Wildman–Crippen MR) is 93.4 cm³/mol. The van der Waals surface area contributed by atoms with Gasteiger partial charge in [0.05, 0.1) is 23.5 Å². The van der Waals surface area contributed by atoms with Crippen LogP contribution in [0.3, 0.4) is 0 Å². The van der Waals surface area contributed by atoms with Crippen molar-refractivity contribution in [2.45, 2.75) is 39.2 Å². The molecular weight excluding hydrogens is 348 g/mol. The summed E-state index contributed by atoms with van der Waals surface area (Å²) in [7, 11) is -3.78. The molecule has 0 saturated heterocycles. The minimum absolute atomic E-state index is 0.356. The number of sulfonamides is 1. The fourth-order valence-corrected chi connectivity index (χ4v) is 3.55. The molecule has 1 amide bonds. The maximum Gasteiger partial charge on any atom is 0.414 e. The molecule has 0 aliphatic carbocycles. The van der Waals surface area contributed by atoms with Crippen molar-refractivity contribution in [3.8, 4) is 0 Å². The number of nitrogens with one attached hydrogen (secondary N) is 1. The van der Waals surface area contributed by atoms with Crippen molar-refractivity contribution in [2.75, 3.05) is 21.9 Å². The summed E-state index contributed by atoms with van der Waals surface area (Å²) in [6.45, 7) is 5.71. The third kappa shape index (κ3) is 5.09. The van der Waals surface area contributed by atoms with Gasteiger partial charge in [-0.25, -0.2) is 13.2 Å². The lowest BCUT2D eigenvalue weighted by molar-refractivity contribution is -0.136. The minimum atomic E-state index is -3.78. The van der Waals surface area contributed by atoms with E-state index in [0.29, 0.717) is 29.9 Å². The summed E-state index contributed by atoms with van der Waals surface area (Å²) in [4.78, 5) is 24.3. The summed E-state index contributed by atoms with van der Waals surface area (Å²) in [5, 5.41) is 8.64. The SMILES string of the molecule is CC(C)(C)OC(=O)N1CCc2c(NS(=O)(=O)CCC(=O)O)cccc21. The van der Waals surface area contributed by atoms with E-state index >= 15 is 0 Å². The van der Waals surface area contributed by atoms with Crippen LogP contribution in [0.25, 0.3) is 0 Å². The number of anilines is 2. The fourth-order valence-electron chi connectivity index (χ4n) is 2.48. The number of benzene rings is 1. The predicted octanol–water partition coefficient (Wildman–Crippen LogP) is 2.20. The number of hydrogen-bond acceptors (Lipinski definition) is 5. The van der Waals surface area contributed by atoms with E-state index in [4.69, 9.17) is 9.84 Å². The Morgan fingerprint density at radius 1 is 1.32 bits per heavy atom. The van der Waals surface area contributed by atoms with Gasteiger partial charge in [-0.1, -0.05) is 6.07 Å². The monoisotopic (exact) mass is 370 g/mol. The first-order valence-corrected chi connectivity index (χ1v) is 9.48. The second-order valence-electron chi connectivity index (χ2n) is 6.75. The first-order chi connectivity index (χ1) is 11.5. The van der Waals surface area contributed by atoms with Crippen LogP contribution < -0.4 is 9.62 Å². The number of fused-ring (bicyclic) bond motifs is 1. The van der Waals surface area contributed by atoms with E-state index in [1.54, 1.807) is 39.0 Å². The number of carboxylic acids is 1. The van der Waals surface area contributed by atoms with Crippen molar-refractivity contribution in [1.29, 1.82) is 0 Å². The lowest BCUT2D eigenvalue weighted by Crippen LogP contribution is -2.35. The standard InChI is InChI=1S/C16H22N2O6S/c1-16(2,3)24-15(21)18-9-7-11-12(5-4-6-13(11)18)17-25(22,23)10-8-14(19)20/h4-6,17H,7-10H2,1-3H3,(H,19,20). The van der Waals surface area contributed by atoms with Gasteiger partial charge in [0, 0.05) is 12.1 Å². The maximum atomic E-state index is 12.3. The van der Waals surface area contributed by atoms with Crippen LogP contribution >= 0.6 is 0 Å². The Kier molecular flexibility index (Phi) is 5.26. The van der Waals surface area contributed by atoms with Gasteiger partial charge in [0.25, 0.3) is 0 Å². The van der Waals surface area contributed by atoms with Crippen LogP contribution in [0.15, 0.2) is 18.2 Å². The molecule has 1 aromatic rings. The largest absolute Gasteiger partial charge is 0.481 e. The van der Waals surface area contributed by atoms with Gasteiger partial charge in [-0.15, -0.1) is 0 Å². The Labute approximate surface area is 146 Å². The lowest BCUT2D eigenvalue weighted by atomic mass is 10.1. The molecule has 1 aliphatic rings. The average Bonchev–Trinajstić information content (AvgIpc) is 2.88. The van der Waals surface area contributed by atoms with E-state index in [1.807, 2.05) is 0 Å². The quantitative estimate of drug-likeness (QED) is 0.821. The summed E-state index contributed by atoms with van der Waals surface area (Å²) in [6, 6.07) is 4.95.